The lowest BCUT2D eigenvalue weighted by molar-refractivity contribution is 0.0821. The van der Waals surface area contributed by atoms with Gasteiger partial charge in [-0.05, 0) is 23.8 Å². The fourth-order valence-electron chi connectivity index (χ4n) is 1.80. The molecule has 20 heavy (non-hydrogen) atoms. The summed E-state index contributed by atoms with van der Waals surface area (Å²) in [6.07, 6.45) is 1.66. The molecular weight excluding hydrogens is 254 g/mol. The number of nitriles is 1. The van der Waals surface area contributed by atoms with Gasteiger partial charge < -0.3 is 10.6 Å². The van der Waals surface area contributed by atoms with Gasteiger partial charge in [0.25, 0.3) is 5.91 Å². The third-order valence-corrected chi connectivity index (χ3v) is 2.88. The molecule has 0 bridgehead atoms. The van der Waals surface area contributed by atoms with E-state index in [4.69, 9.17) is 5.73 Å². The van der Waals surface area contributed by atoms with E-state index in [0.29, 0.717) is 23.5 Å². The minimum Gasteiger partial charge on any atom is -0.343 e. The van der Waals surface area contributed by atoms with Crippen LogP contribution in [0.2, 0.25) is 0 Å². The number of carbonyl (C=O) groups excluding carboxylic acids is 1. The monoisotopic (exact) mass is 269 g/mol. The Hall–Kier alpha value is -2.65. The molecule has 2 rings (SSSR count). The summed E-state index contributed by atoms with van der Waals surface area (Å²) in [6.45, 7) is 0.373. The molecule has 0 aliphatic rings. The van der Waals surface area contributed by atoms with E-state index in [1.807, 2.05) is 6.07 Å². The SMILES string of the molecule is CN(C)C(=O)c1ccn(-c2ccc(CN)cc2C#N)n1. The van der Waals surface area contributed by atoms with Gasteiger partial charge in [-0.1, -0.05) is 6.07 Å². The Balaban J connectivity index is 2.43. The van der Waals surface area contributed by atoms with Crippen molar-refractivity contribution in [3.05, 3.63) is 47.3 Å². The fraction of sp³-hybridized carbons (Fsp3) is 0.214. The molecule has 0 aliphatic carbocycles. The van der Waals surface area contributed by atoms with Crippen LogP contribution in [0.1, 0.15) is 21.6 Å². The Labute approximate surface area is 117 Å². The molecule has 0 saturated heterocycles. The Kier molecular flexibility index (Phi) is 3.82. The molecule has 102 valence electrons. The lowest BCUT2D eigenvalue weighted by atomic mass is 10.1. The van der Waals surface area contributed by atoms with Gasteiger partial charge in [0.05, 0.1) is 11.3 Å². The smallest absolute Gasteiger partial charge is 0.273 e. The summed E-state index contributed by atoms with van der Waals surface area (Å²) >= 11 is 0. The molecule has 2 aromatic rings. The minimum absolute atomic E-state index is 0.180. The van der Waals surface area contributed by atoms with Crippen molar-refractivity contribution >= 4 is 5.91 Å². The summed E-state index contributed by atoms with van der Waals surface area (Å²) in [7, 11) is 3.33. The van der Waals surface area contributed by atoms with Gasteiger partial charge >= 0.3 is 0 Å². The van der Waals surface area contributed by atoms with Gasteiger partial charge in [-0.15, -0.1) is 0 Å². The predicted octanol–water partition coefficient (Wildman–Crippen LogP) is 0.904. The van der Waals surface area contributed by atoms with Crippen LogP contribution in [0.3, 0.4) is 0 Å². The third-order valence-electron chi connectivity index (χ3n) is 2.88. The topological polar surface area (TPSA) is 87.9 Å². The Morgan fingerprint density at radius 1 is 1.45 bits per heavy atom. The summed E-state index contributed by atoms with van der Waals surface area (Å²) in [5.74, 6) is -0.180. The molecule has 1 aromatic carbocycles. The van der Waals surface area contributed by atoms with Crippen LogP contribution in [0.5, 0.6) is 0 Å². The molecule has 1 heterocycles. The maximum absolute atomic E-state index is 11.8. The number of nitrogens with two attached hydrogens (primary N) is 1. The molecule has 1 amide bonds. The van der Waals surface area contributed by atoms with E-state index in [2.05, 4.69) is 11.2 Å². The first-order valence-corrected chi connectivity index (χ1v) is 6.07. The van der Waals surface area contributed by atoms with Crippen molar-refractivity contribution < 1.29 is 4.79 Å². The molecule has 0 spiro atoms. The lowest BCUT2D eigenvalue weighted by Crippen LogP contribution is -2.22. The Morgan fingerprint density at radius 2 is 2.20 bits per heavy atom. The van der Waals surface area contributed by atoms with Crippen LogP contribution in [0, 0.1) is 11.3 Å². The number of benzene rings is 1. The molecule has 0 radical (unpaired) electrons. The van der Waals surface area contributed by atoms with E-state index in [1.165, 1.54) is 9.58 Å². The van der Waals surface area contributed by atoms with E-state index in [0.717, 1.165) is 5.56 Å². The summed E-state index contributed by atoms with van der Waals surface area (Å²) < 4.78 is 1.52. The zero-order valence-electron chi connectivity index (χ0n) is 11.4. The summed E-state index contributed by atoms with van der Waals surface area (Å²) in [6, 6.07) is 9.08. The quantitative estimate of drug-likeness (QED) is 0.896. The first-order chi connectivity index (χ1) is 9.56. The Morgan fingerprint density at radius 3 is 2.80 bits per heavy atom. The van der Waals surface area contributed by atoms with Crippen molar-refractivity contribution in [2.24, 2.45) is 5.73 Å². The normalized spacial score (nSPS) is 10.1. The first kappa shape index (κ1) is 13.8. The van der Waals surface area contributed by atoms with Gasteiger partial charge in [0.1, 0.15) is 6.07 Å². The van der Waals surface area contributed by atoms with Crippen molar-refractivity contribution in [2.75, 3.05) is 14.1 Å². The van der Waals surface area contributed by atoms with E-state index in [1.54, 1.807) is 38.5 Å². The largest absolute Gasteiger partial charge is 0.343 e. The third kappa shape index (κ3) is 2.53. The van der Waals surface area contributed by atoms with Crippen LogP contribution in [-0.2, 0) is 6.54 Å². The minimum atomic E-state index is -0.180. The van der Waals surface area contributed by atoms with Gasteiger partial charge in [-0.3, -0.25) is 4.79 Å². The maximum atomic E-state index is 11.8. The van der Waals surface area contributed by atoms with Crippen LogP contribution < -0.4 is 5.73 Å². The van der Waals surface area contributed by atoms with Crippen molar-refractivity contribution in [2.45, 2.75) is 6.54 Å². The highest BCUT2D eigenvalue weighted by Crippen LogP contribution is 2.16. The molecular formula is C14H15N5O. The van der Waals surface area contributed by atoms with Crippen LogP contribution in [0.15, 0.2) is 30.5 Å². The highest BCUT2D eigenvalue weighted by Gasteiger charge is 2.13. The van der Waals surface area contributed by atoms with Gasteiger partial charge in [-0.2, -0.15) is 10.4 Å². The molecule has 0 unspecified atom stereocenters. The molecule has 0 aliphatic heterocycles. The number of hydrogen-bond donors (Lipinski definition) is 1. The fourth-order valence-corrected chi connectivity index (χ4v) is 1.80. The molecule has 0 saturated carbocycles. The zero-order chi connectivity index (χ0) is 14.7. The second kappa shape index (κ2) is 5.55. The van der Waals surface area contributed by atoms with Crippen molar-refractivity contribution in [3.63, 3.8) is 0 Å². The number of rotatable bonds is 3. The molecule has 6 nitrogen and oxygen atoms in total. The van der Waals surface area contributed by atoms with Crippen LogP contribution in [-0.4, -0.2) is 34.7 Å². The van der Waals surface area contributed by atoms with Crippen molar-refractivity contribution in [1.82, 2.24) is 14.7 Å². The highest BCUT2D eigenvalue weighted by atomic mass is 16.2. The summed E-state index contributed by atoms with van der Waals surface area (Å²) in [5, 5.41) is 13.4. The lowest BCUT2D eigenvalue weighted by Gasteiger charge is -2.08. The average molecular weight is 269 g/mol. The average Bonchev–Trinajstić information content (AvgIpc) is 2.95. The second-order valence-electron chi connectivity index (χ2n) is 4.51. The highest BCUT2D eigenvalue weighted by molar-refractivity contribution is 5.91. The maximum Gasteiger partial charge on any atom is 0.273 e. The van der Waals surface area contributed by atoms with Crippen LogP contribution in [0.4, 0.5) is 0 Å². The summed E-state index contributed by atoms with van der Waals surface area (Å²) in [5.41, 5.74) is 7.87. The predicted molar refractivity (Wildman–Crippen MR) is 74.2 cm³/mol. The molecule has 0 atom stereocenters. The number of carbonyl (C=O) groups is 1. The first-order valence-electron chi connectivity index (χ1n) is 6.07. The molecule has 1 aromatic heterocycles. The Bertz CT molecular complexity index is 681. The van der Waals surface area contributed by atoms with Crippen molar-refractivity contribution in [3.8, 4) is 11.8 Å². The standard InChI is InChI=1S/C14H15N5O/c1-18(2)14(20)12-5-6-19(17-12)13-4-3-10(8-15)7-11(13)9-16/h3-7H,8,15H2,1-2H3. The zero-order valence-corrected chi connectivity index (χ0v) is 11.4. The molecule has 6 heteroatoms. The van der Waals surface area contributed by atoms with Crippen molar-refractivity contribution in [1.29, 1.82) is 5.26 Å². The van der Waals surface area contributed by atoms with Gasteiger partial charge in [0.2, 0.25) is 0 Å². The number of amides is 1. The second-order valence-corrected chi connectivity index (χ2v) is 4.51. The van der Waals surface area contributed by atoms with Crippen LogP contribution >= 0.6 is 0 Å². The number of aromatic nitrogens is 2. The molecule has 0 fully saturated rings. The van der Waals surface area contributed by atoms with E-state index < -0.39 is 0 Å². The number of nitrogens with zero attached hydrogens (tertiary/aromatic N) is 4. The van der Waals surface area contributed by atoms with E-state index in [-0.39, 0.29) is 5.91 Å². The van der Waals surface area contributed by atoms with Gasteiger partial charge in [-0.25, -0.2) is 4.68 Å². The molecule has 2 N–H and O–H groups in total. The number of hydrogen-bond acceptors (Lipinski definition) is 4. The van der Waals surface area contributed by atoms with Gasteiger partial charge in [0.15, 0.2) is 5.69 Å². The van der Waals surface area contributed by atoms with E-state index in [9.17, 15) is 10.1 Å². The van der Waals surface area contributed by atoms with E-state index >= 15 is 0 Å². The van der Waals surface area contributed by atoms with Crippen LogP contribution in [0.25, 0.3) is 5.69 Å². The summed E-state index contributed by atoms with van der Waals surface area (Å²) in [4.78, 5) is 13.3. The van der Waals surface area contributed by atoms with Gasteiger partial charge in [0, 0.05) is 26.8 Å².